The third-order valence-corrected chi connectivity index (χ3v) is 7.92. The third kappa shape index (κ3) is 3.94. The number of pyridine rings is 1. The summed E-state index contributed by atoms with van der Waals surface area (Å²) in [6, 6.07) is 2.09. The van der Waals surface area contributed by atoms with Gasteiger partial charge in [0, 0.05) is 57.6 Å². The molecule has 5 rings (SSSR count). The molecule has 4 aliphatic rings. The van der Waals surface area contributed by atoms with Crippen LogP contribution in [0.2, 0.25) is 0 Å². The Morgan fingerprint density at radius 1 is 1.22 bits per heavy atom. The number of ether oxygens (including phenoxy) is 1. The van der Waals surface area contributed by atoms with Crippen LogP contribution in [-0.4, -0.2) is 62.2 Å². The Balaban J connectivity index is 1.58. The maximum Gasteiger partial charge on any atom is 0.260 e. The Morgan fingerprint density at radius 3 is 2.75 bits per heavy atom. The van der Waals surface area contributed by atoms with Crippen molar-refractivity contribution in [3.8, 4) is 0 Å². The summed E-state index contributed by atoms with van der Waals surface area (Å²) in [7, 11) is -1.52. The molecular formula is C24H31N3O4S. The van der Waals surface area contributed by atoms with E-state index in [1.165, 1.54) is 6.26 Å². The highest BCUT2D eigenvalue weighted by Crippen LogP contribution is 2.42. The molecule has 172 valence electrons. The molecule has 1 saturated heterocycles. The smallest absolute Gasteiger partial charge is 0.260 e. The molecule has 1 fully saturated rings. The van der Waals surface area contributed by atoms with Crippen molar-refractivity contribution in [1.82, 2.24) is 14.8 Å². The maximum atomic E-state index is 13.2. The molecule has 1 unspecified atom stereocenters. The van der Waals surface area contributed by atoms with Crippen molar-refractivity contribution in [1.29, 1.82) is 0 Å². The van der Waals surface area contributed by atoms with Gasteiger partial charge in [-0.2, -0.15) is 0 Å². The number of nitrogens with zero attached hydrogens (tertiary/aromatic N) is 2. The zero-order valence-corrected chi connectivity index (χ0v) is 19.6. The zero-order valence-electron chi connectivity index (χ0n) is 18.8. The van der Waals surface area contributed by atoms with E-state index >= 15 is 0 Å². The van der Waals surface area contributed by atoms with Crippen LogP contribution >= 0.6 is 0 Å². The van der Waals surface area contributed by atoms with E-state index in [4.69, 9.17) is 4.74 Å². The number of rotatable bonds is 5. The topological polar surface area (TPSA) is 80.6 Å². The summed E-state index contributed by atoms with van der Waals surface area (Å²) in [4.78, 5) is 15.7. The molecular weight excluding hydrogens is 426 g/mol. The largest absolute Gasteiger partial charge is 0.384 e. The van der Waals surface area contributed by atoms with Crippen molar-refractivity contribution in [2.75, 3.05) is 38.3 Å². The Kier molecular flexibility index (Phi) is 5.53. The van der Waals surface area contributed by atoms with Crippen LogP contribution in [0.3, 0.4) is 0 Å². The normalized spacial score (nSPS) is 23.2. The van der Waals surface area contributed by atoms with E-state index in [-0.39, 0.29) is 17.4 Å². The van der Waals surface area contributed by atoms with E-state index in [0.717, 1.165) is 74.4 Å². The van der Waals surface area contributed by atoms with Gasteiger partial charge >= 0.3 is 0 Å². The van der Waals surface area contributed by atoms with Crippen LogP contribution in [0.5, 0.6) is 0 Å². The number of hydrogen-bond donors (Lipinski definition) is 1. The summed E-state index contributed by atoms with van der Waals surface area (Å²) in [5, 5.41) is 3.50. The first-order chi connectivity index (χ1) is 15.3. The predicted molar refractivity (Wildman–Crippen MR) is 126 cm³/mol. The molecule has 1 N–H and O–H groups in total. The lowest BCUT2D eigenvalue weighted by Crippen LogP contribution is -2.39. The second-order valence-corrected chi connectivity index (χ2v) is 11.6. The molecule has 1 aromatic rings. The second-order valence-electron chi connectivity index (χ2n) is 9.45. The average molecular weight is 458 g/mol. The number of nitrogens with one attached hydrogen (secondary N) is 1. The van der Waals surface area contributed by atoms with E-state index in [2.05, 4.69) is 16.4 Å². The monoisotopic (exact) mass is 457 g/mol. The molecule has 0 spiro atoms. The number of hydrogen-bond acceptors (Lipinski definition) is 6. The van der Waals surface area contributed by atoms with Crippen molar-refractivity contribution in [2.24, 2.45) is 13.0 Å². The number of aromatic nitrogens is 1. The molecule has 0 saturated carbocycles. The zero-order chi connectivity index (χ0) is 22.5. The first kappa shape index (κ1) is 21.5. The highest BCUT2D eigenvalue weighted by Gasteiger charge is 2.38. The molecule has 3 aliphatic heterocycles. The van der Waals surface area contributed by atoms with E-state index < -0.39 is 9.84 Å². The van der Waals surface area contributed by atoms with Gasteiger partial charge in [-0.25, -0.2) is 8.42 Å². The summed E-state index contributed by atoms with van der Waals surface area (Å²) < 4.78 is 31.6. The standard InChI is InChI=1S/C24H31N3O4S/c1-26-9-5-19-18(15-32(2,29)30)13-17-14-27(10-4-16-6-11-31-12-7-16)20-3-8-25-23(21(17)20)22(19)24(26)28/h5,9,13-14,16,20,25H,3-4,6-8,10-12,15H2,1-2H3. The van der Waals surface area contributed by atoms with Crippen LogP contribution in [0.1, 0.15) is 36.8 Å². The third-order valence-electron chi connectivity index (χ3n) is 7.09. The molecule has 4 heterocycles. The Labute approximate surface area is 189 Å². The van der Waals surface area contributed by atoms with Gasteiger partial charge in [-0.3, -0.25) is 4.79 Å². The lowest BCUT2D eigenvalue weighted by atomic mass is 9.91. The number of allylic oxidation sites excluding steroid dienone is 1. The van der Waals surface area contributed by atoms with Gasteiger partial charge < -0.3 is 19.5 Å². The Bertz CT molecular complexity index is 1190. The van der Waals surface area contributed by atoms with E-state index in [1.54, 1.807) is 17.8 Å². The molecule has 7 nitrogen and oxygen atoms in total. The fourth-order valence-corrected chi connectivity index (χ4v) is 6.28. The van der Waals surface area contributed by atoms with Crippen LogP contribution in [0.4, 0.5) is 0 Å². The molecule has 0 radical (unpaired) electrons. The van der Waals surface area contributed by atoms with E-state index in [1.807, 2.05) is 12.1 Å². The molecule has 0 bridgehead atoms. The predicted octanol–water partition coefficient (Wildman–Crippen LogP) is 1.92. The molecule has 1 atom stereocenters. The van der Waals surface area contributed by atoms with E-state index in [9.17, 15) is 13.2 Å². The molecule has 1 aliphatic carbocycles. The summed E-state index contributed by atoms with van der Waals surface area (Å²) in [6.07, 6.45) is 11.5. The first-order valence-electron chi connectivity index (χ1n) is 11.4. The van der Waals surface area contributed by atoms with Crippen LogP contribution in [-0.2, 0) is 21.6 Å². The quantitative estimate of drug-likeness (QED) is 0.728. The minimum Gasteiger partial charge on any atom is -0.384 e. The summed E-state index contributed by atoms with van der Waals surface area (Å²) >= 11 is 0. The summed E-state index contributed by atoms with van der Waals surface area (Å²) in [5.41, 5.74) is 4.94. The average Bonchev–Trinajstić information content (AvgIpc) is 3.04. The highest BCUT2D eigenvalue weighted by molar-refractivity contribution is 7.91. The van der Waals surface area contributed by atoms with Gasteiger partial charge in [0.1, 0.15) is 0 Å². The van der Waals surface area contributed by atoms with Gasteiger partial charge in [0.2, 0.25) is 0 Å². The highest BCUT2D eigenvalue weighted by atomic mass is 32.2. The molecule has 0 amide bonds. The number of aryl methyl sites for hydroxylation is 1. The fourth-order valence-electron chi connectivity index (χ4n) is 5.48. The van der Waals surface area contributed by atoms with Crippen molar-refractivity contribution >= 4 is 21.1 Å². The van der Waals surface area contributed by atoms with Crippen LogP contribution in [0.15, 0.2) is 40.5 Å². The fraction of sp³-hybridized carbons (Fsp3) is 0.542. The van der Waals surface area contributed by atoms with Crippen LogP contribution < -0.4 is 10.9 Å². The van der Waals surface area contributed by atoms with Gasteiger partial charge in [0.15, 0.2) is 9.84 Å². The number of fused-ring (bicyclic) bond motifs is 2. The van der Waals surface area contributed by atoms with Crippen LogP contribution in [0.25, 0.3) is 11.3 Å². The van der Waals surface area contributed by atoms with Gasteiger partial charge in [0.25, 0.3) is 5.56 Å². The first-order valence-corrected chi connectivity index (χ1v) is 13.5. The number of sulfone groups is 1. The lowest BCUT2D eigenvalue weighted by Gasteiger charge is -2.33. The maximum absolute atomic E-state index is 13.2. The van der Waals surface area contributed by atoms with Crippen molar-refractivity contribution in [3.05, 3.63) is 57.2 Å². The van der Waals surface area contributed by atoms with Gasteiger partial charge in [-0.1, -0.05) is 0 Å². The van der Waals surface area contributed by atoms with E-state index in [0.29, 0.717) is 17.1 Å². The second kappa shape index (κ2) is 8.23. The minimum absolute atomic E-state index is 0.0855. The molecule has 8 heteroatoms. The Morgan fingerprint density at radius 2 is 2.00 bits per heavy atom. The molecule has 32 heavy (non-hydrogen) atoms. The van der Waals surface area contributed by atoms with Crippen LogP contribution in [0, 0.1) is 5.92 Å². The minimum atomic E-state index is -3.26. The van der Waals surface area contributed by atoms with Crippen molar-refractivity contribution in [2.45, 2.75) is 31.7 Å². The summed E-state index contributed by atoms with van der Waals surface area (Å²) in [6.45, 7) is 3.46. The van der Waals surface area contributed by atoms with Gasteiger partial charge in [-0.05, 0) is 60.5 Å². The van der Waals surface area contributed by atoms with Gasteiger partial charge in [-0.15, -0.1) is 0 Å². The SMILES string of the molecule is Cn1ccc2c(c1=O)C1=C3C(=CN(CCC4CCOCC4)C3CCN1)C=C2CS(C)(=O)=O. The molecule has 0 aromatic carbocycles. The Hall–Kier alpha value is -2.32. The molecule has 1 aromatic heterocycles. The van der Waals surface area contributed by atoms with Gasteiger partial charge in [0.05, 0.1) is 23.1 Å². The van der Waals surface area contributed by atoms with Crippen molar-refractivity contribution < 1.29 is 13.2 Å². The van der Waals surface area contributed by atoms with Crippen molar-refractivity contribution in [3.63, 3.8) is 0 Å². The summed E-state index contributed by atoms with van der Waals surface area (Å²) in [5.74, 6) is 0.602. The lowest BCUT2D eigenvalue weighted by molar-refractivity contribution is 0.0610.